The van der Waals surface area contributed by atoms with Gasteiger partial charge >= 0.3 is 0 Å². The molecular formula is C17H25NO2. The first-order valence-corrected chi connectivity index (χ1v) is 7.87. The Labute approximate surface area is 121 Å². The second-order valence-electron chi connectivity index (χ2n) is 6.21. The van der Waals surface area contributed by atoms with Crippen LogP contribution in [-0.4, -0.2) is 41.8 Å². The highest BCUT2D eigenvalue weighted by Crippen LogP contribution is 2.31. The average molecular weight is 275 g/mol. The van der Waals surface area contributed by atoms with Crippen molar-refractivity contribution in [3.8, 4) is 5.75 Å². The molecule has 1 aromatic rings. The van der Waals surface area contributed by atoms with E-state index < -0.39 is 0 Å². The van der Waals surface area contributed by atoms with Gasteiger partial charge in [-0.05, 0) is 31.4 Å². The molecule has 0 radical (unpaired) electrons. The number of nitrogens with zero attached hydrogens (tertiary/aromatic N) is 1. The third-order valence-electron chi connectivity index (χ3n) is 4.62. The molecule has 1 atom stereocenters. The molecule has 1 fully saturated rings. The van der Waals surface area contributed by atoms with E-state index in [1.54, 1.807) is 0 Å². The molecule has 1 unspecified atom stereocenters. The van der Waals surface area contributed by atoms with E-state index in [4.69, 9.17) is 4.74 Å². The Morgan fingerprint density at radius 3 is 2.85 bits per heavy atom. The summed E-state index contributed by atoms with van der Waals surface area (Å²) in [5.41, 5.74) is 2.64. The highest BCUT2D eigenvalue weighted by Gasteiger charge is 2.29. The molecule has 3 heteroatoms. The lowest BCUT2D eigenvalue weighted by atomic mass is 10.1. The Morgan fingerprint density at radius 2 is 2.10 bits per heavy atom. The first kappa shape index (κ1) is 13.9. The maximum atomic E-state index is 9.30. The zero-order chi connectivity index (χ0) is 13.9. The van der Waals surface area contributed by atoms with Crippen molar-refractivity contribution in [1.82, 2.24) is 4.90 Å². The summed E-state index contributed by atoms with van der Waals surface area (Å²) in [6.07, 6.45) is 6.47. The van der Waals surface area contributed by atoms with Gasteiger partial charge in [0, 0.05) is 25.6 Å². The minimum absolute atomic E-state index is 0.245. The van der Waals surface area contributed by atoms with Crippen molar-refractivity contribution in [2.24, 2.45) is 0 Å². The van der Waals surface area contributed by atoms with E-state index in [9.17, 15) is 5.11 Å². The number of rotatable bonds is 5. The van der Waals surface area contributed by atoms with Gasteiger partial charge in [-0.3, -0.25) is 4.90 Å². The summed E-state index contributed by atoms with van der Waals surface area (Å²) in [6, 6.07) is 7.10. The molecule has 20 heavy (non-hydrogen) atoms. The summed E-state index contributed by atoms with van der Waals surface area (Å²) in [5.74, 6) is 1.05. The Balaban J connectivity index is 1.62. The maximum absolute atomic E-state index is 9.30. The maximum Gasteiger partial charge on any atom is 0.123 e. The van der Waals surface area contributed by atoms with Gasteiger partial charge < -0.3 is 9.84 Å². The fraction of sp³-hybridized carbons (Fsp3) is 0.647. The topological polar surface area (TPSA) is 32.7 Å². The second kappa shape index (κ2) is 6.15. The van der Waals surface area contributed by atoms with E-state index in [1.165, 1.54) is 36.8 Å². The summed E-state index contributed by atoms with van der Waals surface area (Å²) in [7, 11) is 0. The number of benzene rings is 1. The Hall–Kier alpha value is -1.06. The number of aliphatic hydroxyl groups is 1. The van der Waals surface area contributed by atoms with Crippen molar-refractivity contribution in [3.05, 3.63) is 29.3 Å². The molecule has 0 saturated heterocycles. The predicted molar refractivity (Wildman–Crippen MR) is 80.2 cm³/mol. The van der Waals surface area contributed by atoms with Crippen molar-refractivity contribution >= 4 is 0 Å². The lowest BCUT2D eigenvalue weighted by Crippen LogP contribution is -2.42. The van der Waals surface area contributed by atoms with E-state index in [0.717, 1.165) is 25.3 Å². The normalized spacial score (nSPS) is 22.2. The van der Waals surface area contributed by atoms with Crippen LogP contribution in [0.15, 0.2) is 18.2 Å². The van der Waals surface area contributed by atoms with Crippen LogP contribution >= 0.6 is 0 Å². The molecule has 0 spiro atoms. The van der Waals surface area contributed by atoms with E-state index >= 15 is 0 Å². The first-order chi connectivity index (χ1) is 9.76. The number of ether oxygens (including phenoxy) is 1. The predicted octanol–water partition coefficient (Wildman–Crippen LogP) is 2.54. The third kappa shape index (κ3) is 2.99. The number of aryl methyl sites for hydroxylation is 1. The molecule has 3 rings (SSSR count). The van der Waals surface area contributed by atoms with Crippen LogP contribution in [0.5, 0.6) is 5.75 Å². The molecule has 110 valence electrons. The molecule has 1 aliphatic carbocycles. The first-order valence-electron chi connectivity index (χ1n) is 7.87. The van der Waals surface area contributed by atoms with Crippen LogP contribution in [0.3, 0.4) is 0 Å². The SMILES string of the molecule is Cc1ccc2c(c1)CC(CN(CCO)C1CCCC1)O2. The minimum Gasteiger partial charge on any atom is -0.488 e. The van der Waals surface area contributed by atoms with Gasteiger partial charge in [0.15, 0.2) is 0 Å². The molecule has 1 saturated carbocycles. The van der Waals surface area contributed by atoms with Gasteiger partial charge in [0.05, 0.1) is 6.61 Å². The molecule has 0 bridgehead atoms. The van der Waals surface area contributed by atoms with Crippen molar-refractivity contribution < 1.29 is 9.84 Å². The lowest BCUT2D eigenvalue weighted by Gasteiger charge is -2.30. The highest BCUT2D eigenvalue weighted by molar-refractivity contribution is 5.40. The van der Waals surface area contributed by atoms with Crippen LogP contribution < -0.4 is 4.74 Å². The number of aliphatic hydroxyl groups excluding tert-OH is 1. The number of hydrogen-bond donors (Lipinski definition) is 1. The van der Waals surface area contributed by atoms with Crippen LogP contribution in [-0.2, 0) is 6.42 Å². The summed E-state index contributed by atoms with van der Waals surface area (Å²) in [6.45, 7) is 4.10. The Kier molecular flexibility index (Phi) is 4.27. The van der Waals surface area contributed by atoms with Gasteiger partial charge in [-0.25, -0.2) is 0 Å². The molecule has 2 aliphatic rings. The monoisotopic (exact) mass is 275 g/mol. The van der Waals surface area contributed by atoms with Crippen molar-refractivity contribution in [3.63, 3.8) is 0 Å². The fourth-order valence-electron chi connectivity index (χ4n) is 3.63. The smallest absolute Gasteiger partial charge is 0.123 e. The van der Waals surface area contributed by atoms with Gasteiger partial charge in [-0.15, -0.1) is 0 Å². The largest absolute Gasteiger partial charge is 0.488 e. The quantitative estimate of drug-likeness (QED) is 0.896. The summed E-state index contributed by atoms with van der Waals surface area (Å²) in [4.78, 5) is 2.44. The van der Waals surface area contributed by atoms with Crippen LogP contribution in [0.4, 0.5) is 0 Å². The van der Waals surface area contributed by atoms with Gasteiger partial charge in [0.25, 0.3) is 0 Å². The van der Waals surface area contributed by atoms with E-state index in [1.807, 2.05) is 0 Å². The van der Waals surface area contributed by atoms with Crippen molar-refractivity contribution in [1.29, 1.82) is 0 Å². The third-order valence-corrected chi connectivity index (χ3v) is 4.62. The van der Waals surface area contributed by atoms with Gasteiger partial charge in [0.2, 0.25) is 0 Å². The second-order valence-corrected chi connectivity index (χ2v) is 6.21. The molecule has 0 amide bonds. The van der Waals surface area contributed by atoms with E-state index in [0.29, 0.717) is 6.04 Å². The average Bonchev–Trinajstić information content (AvgIpc) is 3.06. The van der Waals surface area contributed by atoms with E-state index in [2.05, 4.69) is 30.0 Å². The van der Waals surface area contributed by atoms with Crippen molar-refractivity contribution in [2.45, 2.75) is 51.2 Å². The highest BCUT2D eigenvalue weighted by atomic mass is 16.5. The summed E-state index contributed by atoms with van der Waals surface area (Å²) in [5, 5.41) is 9.30. The zero-order valence-electron chi connectivity index (χ0n) is 12.3. The molecule has 3 nitrogen and oxygen atoms in total. The molecule has 1 aromatic carbocycles. The Morgan fingerprint density at radius 1 is 1.30 bits per heavy atom. The molecular weight excluding hydrogens is 250 g/mol. The summed E-state index contributed by atoms with van der Waals surface area (Å²) < 4.78 is 6.08. The van der Waals surface area contributed by atoms with Crippen LogP contribution in [0.25, 0.3) is 0 Å². The van der Waals surface area contributed by atoms with Gasteiger partial charge in [-0.2, -0.15) is 0 Å². The fourth-order valence-corrected chi connectivity index (χ4v) is 3.63. The zero-order valence-corrected chi connectivity index (χ0v) is 12.3. The van der Waals surface area contributed by atoms with Crippen LogP contribution in [0, 0.1) is 6.92 Å². The van der Waals surface area contributed by atoms with Crippen molar-refractivity contribution in [2.75, 3.05) is 19.7 Å². The molecule has 0 aromatic heterocycles. The van der Waals surface area contributed by atoms with Gasteiger partial charge in [-0.1, -0.05) is 30.5 Å². The molecule has 1 N–H and O–H groups in total. The van der Waals surface area contributed by atoms with Crippen LogP contribution in [0.1, 0.15) is 36.8 Å². The number of hydrogen-bond acceptors (Lipinski definition) is 3. The molecule has 1 heterocycles. The number of fused-ring (bicyclic) bond motifs is 1. The lowest BCUT2D eigenvalue weighted by molar-refractivity contribution is 0.0975. The minimum atomic E-state index is 0.245. The molecule has 1 aliphatic heterocycles. The standard InChI is InChI=1S/C17H25NO2/c1-13-6-7-17-14(10-13)11-16(20-17)12-18(8-9-19)15-4-2-3-5-15/h6-7,10,15-16,19H,2-5,8-9,11-12H2,1H3. The van der Waals surface area contributed by atoms with E-state index in [-0.39, 0.29) is 12.7 Å². The van der Waals surface area contributed by atoms with Crippen LogP contribution in [0.2, 0.25) is 0 Å². The Bertz CT molecular complexity index is 454. The summed E-state index contributed by atoms with van der Waals surface area (Å²) >= 11 is 0. The van der Waals surface area contributed by atoms with Gasteiger partial charge in [0.1, 0.15) is 11.9 Å².